The summed E-state index contributed by atoms with van der Waals surface area (Å²) < 4.78 is 11.5. The van der Waals surface area contributed by atoms with E-state index in [1.165, 1.54) is 0 Å². The second-order valence-electron chi connectivity index (χ2n) is 4.49. The molecule has 0 saturated heterocycles. The number of para-hydroxylation sites is 1. The van der Waals surface area contributed by atoms with Gasteiger partial charge in [0.1, 0.15) is 23.9 Å². The lowest BCUT2D eigenvalue weighted by Gasteiger charge is -2.09. The van der Waals surface area contributed by atoms with Gasteiger partial charge in [0.25, 0.3) is 0 Å². The summed E-state index contributed by atoms with van der Waals surface area (Å²) in [7, 11) is 0. The third-order valence-electron chi connectivity index (χ3n) is 2.76. The molecule has 0 bridgehead atoms. The van der Waals surface area contributed by atoms with Crippen LogP contribution in [0.15, 0.2) is 54.6 Å². The van der Waals surface area contributed by atoms with E-state index < -0.39 is 0 Å². The first-order chi connectivity index (χ1) is 9.88. The number of benzene rings is 2. The third kappa shape index (κ3) is 4.94. The van der Waals surface area contributed by atoms with E-state index in [1.807, 2.05) is 54.6 Å². The van der Waals surface area contributed by atoms with Gasteiger partial charge in [0.2, 0.25) is 0 Å². The van der Waals surface area contributed by atoms with E-state index in [0.29, 0.717) is 6.61 Å². The van der Waals surface area contributed by atoms with Gasteiger partial charge in [-0.15, -0.1) is 0 Å². The van der Waals surface area contributed by atoms with E-state index in [0.717, 1.165) is 36.8 Å². The summed E-state index contributed by atoms with van der Waals surface area (Å²) in [6.07, 6.45) is 1.14. The number of ether oxygens (including phenoxy) is 2. The Kier molecular flexibility index (Phi) is 5.93. The number of hydrogen-bond donors (Lipinski definition) is 1. The quantitative estimate of drug-likeness (QED) is 0.740. The zero-order valence-electron chi connectivity index (χ0n) is 11.8. The maximum absolute atomic E-state index is 5.77. The van der Waals surface area contributed by atoms with E-state index in [4.69, 9.17) is 9.47 Å². The van der Waals surface area contributed by atoms with Crippen molar-refractivity contribution in [1.82, 2.24) is 5.32 Å². The fourth-order valence-corrected chi connectivity index (χ4v) is 1.79. The highest BCUT2D eigenvalue weighted by Crippen LogP contribution is 2.24. The van der Waals surface area contributed by atoms with Crippen LogP contribution in [0.2, 0.25) is 0 Å². The topological polar surface area (TPSA) is 30.5 Å². The smallest absolute Gasteiger partial charge is 0.131 e. The van der Waals surface area contributed by atoms with E-state index >= 15 is 0 Å². The molecule has 0 aliphatic rings. The molecule has 2 aromatic rings. The minimum atomic E-state index is 0.661. The highest BCUT2D eigenvalue weighted by atomic mass is 16.5. The highest BCUT2D eigenvalue weighted by molar-refractivity contribution is 5.36. The van der Waals surface area contributed by atoms with Crippen LogP contribution in [-0.4, -0.2) is 19.7 Å². The third-order valence-corrected chi connectivity index (χ3v) is 2.76. The molecule has 106 valence electrons. The maximum atomic E-state index is 5.77. The summed E-state index contributed by atoms with van der Waals surface area (Å²) in [5.74, 6) is 2.45. The van der Waals surface area contributed by atoms with Gasteiger partial charge in [0.05, 0.1) is 0 Å². The van der Waals surface area contributed by atoms with Crippen LogP contribution in [0.4, 0.5) is 0 Å². The molecule has 0 atom stereocenters. The monoisotopic (exact) mass is 271 g/mol. The average molecular weight is 271 g/mol. The fraction of sp³-hybridized carbons (Fsp3) is 0.294. The van der Waals surface area contributed by atoms with Crippen LogP contribution in [-0.2, 0) is 0 Å². The molecule has 3 nitrogen and oxygen atoms in total. The lowest BCUT2D eigenvalue weighted by atomic mass is 10.3. The van der Waals surface area contributed by atoms with Crippen LogP contribution in [0.1, 0.15) is 13.3 Å². The van der Waals surface area contributed by atoms with E-state index in [1.54, 1.807) is 0 Å². The van der Waals surface area contributed by atoms with Crippen molar-refractivity contribution in [2.75, 3.05) is 19.7 Å². The molecule has 0 aliphatic heterocycles. The first-order valence-corrected chi connectivity index (χ1v) is 7.05. The second kappa shape index (κ2) is 8.23. The first kappa shape index (κ1) is 14.4. The molecule has 0 unspecified atom stereocenters. The van der Waals surface area contributed by atoms with Crippen molar-refractivity contribution in [3.05, 3.63) is 54.6 Å². The molecule has 0 fully saturated rings. The molecular weight excluding hydrogens is 250 g/mol. The second-order valence-corrected chi connectivity index (χ2v) is 4.49. The van der Waals surface area contributed by atoms with Gasteiger partial charge in [0.15, 0.2) is 0 Å². The van der Waals surface area contributed by atoms with Gasteiger partial charge in [-0.3, -0.25) is 0 Å². The van der Waals surface area contributed by atoms with Gasteiger partial charge >= 0.3 is 0 Å². The summed E-state index contributed by atoms with van der Waals surface area (Å²) >= 11 is 0. The van der Waals surface area contributed by atoms with Crippen molar-refractivity contribution in [3.63, 3.8) is 0 Å². The molecule has 2 aromatic carbocycles. The Hall–Kier alpha value is -2.00. The van der Waals surface area contributed by atoms with Crippen LogP contribution in [0, 0.1) is 0 Å². The van der Waals surface area contributed by atoms with Crippen molar-refractivity contribution in [2.24, 2.45) is 0 Å². The maximum Gasteiger partial charge on any atom is 0.131 e. The molecule has 20 heavy (non-hydrogen) atoms. The minimum Gasteiger partial charge on any atom is -0.492 e. The fourth-order valence-electron chi connectivity index (χ4n) is 1.79. The molecule has 0 aliphatic carbocycles. The predicted octanol–water partition coefficient (Wildman–Crippen LogP) is 3.86. The number of nitrogens with one attached hydrogen (secondary N) is 1. The molecule has 0 aromatic heterocycles. The molecule has 0 saturated carbocycles. The lowest BCUT2D eigenvalue weighted by molar-refractivity contribution is 0.313. The van der Waals surface area contributed by atoms with Crippen molar-refractivity contribution < 1.29 is 9.47 Å². The Morgan fingerprint density at radius 1 is 0.850 bits per heavy atom. The summed E-state index contributed by atoms with van der Waals surface area (Å²) in [5.41, 5.74) is 0. The molecule has 0 spiro atoms. The SMILES string of the molecule is CCCNCCOc1cccc(Oc2ccccc2)c1. The summed E-state index contributed by atoms with van der Waals surface area (Å²) in [4.78, 5) is 0. The van der Waals surface area contributed by atoms with E-state index in [-0.39, 0.29) is 0 Å². The molecule has 3 heteroatoms. The molecule has 1 N–H and O–H groups in total. The molecule has 0 heterocycles. The predicted molar refractivity (Wildman–Crippen MR) is 81.6 cm³/mol. The van der Waals surface area contributed by atoms with E-state index in [9.17, 15) is 0 Å². The molecular formula is C17H21NO2. The highest BCUT2D eigenvalue weighted by Gasteiger charge is 1.99. The largest absolute Gasteiger partial charge is 0.492 e. The van der Waals surface area contributed by atoms with Crippen LogP contribution < -0.4 is 14.8 Å². The van der Waals surface area contributed by atoms with Gasteiger partial charge in [-0.2, -0.15) is 0 Å². The standard InChI is InChI=1S/C17H21NO2/c1-2-11-18-12-13-19-16-9-6-10-17(14-16)20-15-7-4-3-5-8-15/h3-10,14,18H,2,11-13H2,1H3. The summed E-state index contributed by atoms with van der Waals surface area (Å²) in [5, 5.41) is 3.30. The zero-order valence-corrected chi connectivity index (χ0v) is 11.8. The molecule has 2 rings (SSSR count). The molecule has 0 amide bonds. The van der Waals surface area contributed by atoms with Gasteiger partial charge < -0.3 is 14.8 Å². The minimum absolute atomic E-state index is 0.661. The Morgan fingerprint density at radius 2 is 1.60 bits per heavy atom. The van der Waals surface area contributed by atoms with Gasteiger partial charge in [-0.25, -0.2) is 0 Å². The normalized spacial score (nSPS) is 10.2. The zero-order chi connectivity index (χ0) is 14.0. The number of rotatable bonds is 8. The van der Waals surface area contributed by atoms with Gasteiger partial charge in [0, 0.05) is 12.6 Å². The van der Waals surface area contributed by atoms with Crippen molar-refractivity contribution in [1.29, 1.82) is 0 Å². The van der Waals surface area contributed by atoms with Crippen LogP contribution >= 0.6 is 0 Å². The average Bonchev–Trinajstić information content (AvgIpc) is 2.48. The Bertz CT molecular complexity index is 499. The van der Waals surface area contributed by atoms with E-state index in [2.05, 4.69) is 12.2 Å². The molecule has 0 radical (unpaired) electrons. The van der Waals surface area contributed by atoms with Gasteiger partial charge in [-0.1, -0.05) is 31.2 Å². The van der Waals surface area contributed by atoms with Crippen molar-refractivity contribution >= 4 is 0 Å². The Labute approximate surface area is 120 Å². The van der Waals surface area contributed by atoms with Crippen LogP contribution in [0.5, 0.6) is 17.2 Å². The lowest BCUT2D eigenvalue weighted by Crippen LogP contribution is -2.21. The van der Waals surface area contributed by atoms with Crippen LogP contribution in [0.25, 0.3) is 0 Å². The first-order valence-electron chi connectivity index (χ1n) is 7.05. The summed E-state index contributed by atoms with van der Waals surface area (Å²) in [6, 6.07) is 17.5. The van der Waals surface area contributed by atoms with Crippen molar-refractivity contribution in [3.8, 4) is 17.2 Å². The summed E-state index contributed by atoms with van der Waals surface area (Å²) in [6.45, 7) is 4.70. The van der Waals surface area contributed by atoms with Gasteiger partial charge in [-0.05, 0) is 37.2 Å². The Morgan fingerprint density at radius 3 is 2.40 bits per heavy atom. The Balaban J connectivity index is 1.84. The van der Waals surface area contributed by atoms with Crippen LogP contribution in [0.3, 0.4) is 0 Å². The number of hydrogen-bond acceptors (Lipinski definition) is 3. The van der Waals surface area contributed by atoms with Crippen molar-refractivity contribution in [2.45, 2.75) is 13.3 Å².